The van der Waals surface area contributed by atoms with Gasteiger partial charge in [-0.2, -0.15) is 0 Å². The maximum atomic E-state index is 11.0. The highest BCUT2D eigenvalue weighted by Gasteiger charge is 2.42. The number of nitrogens with zero attached hydrogens (tertiary/aromatic N) is 4. The van der Waals surface area contributed by atoms with E-state index in [1.54, 1.807) is 12.1 Å². The van der Waals surface area contributed by atoms with Crippen LogP contribution < -0.4 is 0 Å². The molecule has 7 heteroatoms. The maximum Gasteiger partial charge on any atom is 0.269 e. The lowest BCUT2D eigenvalue weighted by atomic mass is 9.75. The van der Waals surface area contributed by atoms with Crippen LogP contribution in [0.4, 0.5) is 5.69 Å². The largest absolute Gasteiger partial charge is 0.379 e. The zero-order valence-corrected chi connectivity index (χ0v) is 10.5. The molecule has 0 unspecified atom stereocenters. The Hall–Kier alpha value is -2.28. The van der Waals surface area contributed by atoms with Crippen LogP contribution in [0.1, 0.15) is 15.5 Å². The van der Waals surface area contributed by atoms with E-state index in [2.05, 4.69) is 10.2 Å². The van der Waals surface area contributed by atoms with Crippen molar-refractivity contribution in [3.05, 3.63) is 52.1 Å². The Morgan fingerprint density at radius 3 is 3.10 bits per heavy atom. The van der Waals surface area contributed by atoms with Crippen molar-refractivity contribution in [2.24, 2.45) is 6.98 Å². The van der Waals surface area contributed by atoms with Gasteiger partial charge in [-0.25, -0.2) is 0 Å². The maximum absolute atomic E-state index is 11.0. The smallest absolute Gasteiger partial charge is 0.269 e. The van der Waals surface area contributed by atoms with E-state index in [0.29, 0.717) is 19.0 Å². The molecule has 0 atom stereocenters. The van der Waals surface area contributed by atoms with Gasteiger partial charge in [-0.15, -0.1) is 10.2 Å². The van der Waals surface area contributed by atoms with E-state index in [-0.39, 0.29) is 12.1 Å². The van der Waals surface area contributed by atoms with Crippen molar-refractivity contribution in [3.63, 3.8) is 0 Å². The number of nitro benzene ring substituents is 1. The van der Waals surface area contributed by atoms with Gasteiger partial charge in [0.25, 0.3) is 5.69 Å². The second-order valence-electron chi connectivity index (χ2n) is 4.87. The fraction of sp³-hybridized carbons (Fsp3) is 0.385. The van der Waals surface area contributed by atoms with Gasteiger partial charge in [0.2, 0.25) is 0 Å². The summed E-state index contributed by atoms with van der Waals surface area (Å²) in [4.78, 5) is 10.5. The van der Waals surface area contributed by atoms with E-state index in [1.807, 2.05) is 0 Å². The summed E-state index contributed by atoms with van der Waals surface area (Å²) in [5, 5.41) is 18.5. The molecule has 0 N–H and O–H groups in total. The van der Waals surface area contributed by atoms with E-state index in [9.17, 15) is 10.1 Å². The topological polar surface area (TPSA) is 83.1 Å². The van der Waals surface area contributed by atoms with Gasteiger partial charge in [0.15, 0.2) is 0 Å². The second-order valence-corrected chi connectivity index (χ2v) is 4.87. The van der Waals surface area contributed by atoms with Crippen LogP contribution >= 0.6 is 0 Å². The molecule has 2 aromatic rings. The van der Waals surface area contributed by atoms with Crippen molar-refractivity contribution in [1.82, 2.24) is 14.8 Å². The number of benzene rings is 1. The highest BCUT2D eigenvalue weighted by atomic mass is 16.6. The van der Waals surface area contributed by atoms with Crippen LogP contribution in [0.25, 0.3) is 0 Å². The monoisotopic (exact) mass is 277 g/mol. The lowest BCUT2D eigenvalue weighted by Crippen LogP contribution is -2.49. The SMILES string of the molecule is [2H]C([2H])([2H])n1cnnc1CC1(c2cccc([N+](=O)[O-])c2)COC1. The first-order valence-corrected chi connectivity index (χ1v) is 6.04. The molecule has 104 valence electrons. The minimum Gasteiger partial charge on any atom is -0.379 e. The molecule has 7 nitrogen and oxygen atoms in total. The van der Waals surface area contributed by atoms with Crippen LogP contribution in [-0.2, 0) is 23.5 Å². The Balaban J connectivity index is 1.95. The van der Waals surface area contributed by atoms with Gasteiger partial charge in [0.05, 0.1) is 18.1 Å². The van der Waals surface area contributed by atoms with E-state index in [1.165, 1.54) is 18.5 Å². The first-order chi connectivity index (χ1) is 10.8. The molecule has 1 aliphatic rings. The summed E-state index contributed by atoms with van der Waals surface area (Å²) in [5.41, 5.74) is 0.200. The van der Waals surface area contributed by atoms with Gasteiger partial charge in [-0.1, -0.05) is 12.1 Å². The molecule has 1 saturated heterocycles. The molecule has 0 radical (unpaired) electrons. The van der Waals surface area contributed by atoms with Crippen molar-refractivity contribution < 1.29 is 13.8 Å². The molecular weight excluding hydrogens is 260 g/mol. The standard InChI is InChI=1S/C13H14N4O3/c1-16-9-14-15-12(16)6-13(7-20-8-13)10-3-2-4-11(5-10)17(18)19/h2-5,9H,6-8H2,1H3/i1D3. The normalized spacial score (nSPS) is 19.5. The molecule has 2 heterocycles. The van der Waals surface area contributed by atoms with Gasteiger partial charge in [-0.05, 0) is 5.56 Å². The third-order valence-corrected chi connectivity index (χ3v) is 3.54. The Morgan fingerprint density at radius 1 is 1.60 bits per heavy atom. The highest BCUT2D eigenvalue weighted by Crippen LogP contribution is 2.36. The van der Waals surface area contributed by atoms with Crippen LogP contribution in [0.5, 0.6) is 0 Å². The van der Waals surface area contributed by atoms with Gasteiger partial charge >= 0.3 is 0 Å². The summed E-state index contributed by atoms with van der Waals surface area (Å²) in [6.45, 7) is -1.67. The molecule has 0 aliphatic carbocycles. The predicted molar refractivity (Wildman–Crippen MR) is 70.3 cm³/mol. The Morgan fingerprint density at radius 2 is 2.45 bits per heavy atom. The van der Waals surface area contributed by atoms with Gasteiger partial charge in [0, 0.05) is 35.1 Å². The number of nitro groups is 1. The van der Waals surface area contributed by atoms with Crippen molar-refractivity contribution in [1.29, 1.82) is 0 Å². The van der Waals surface area contributed by atoms with Gasteiger partial charge in [-0.3, -0.25) is 10.1 Å². The number of hydrogen-bond donors (Lipinski definition) is 0. The summed E-state index contributed by atoms with van der Waals surface area (Å²) < 4.78 is 28.9. The van der Waals surface area contributed by atoms with Crippen LogP contribution in [0, 0.1) is 10.1 Å². The molecule has 0 amide bonds. The lowest BCUT2D eigenvalue weighted by Gasteiger charge is -2.41. The minimum absolute atomic E-state index is 0.00827. The number of hydrogen-bond acceptors (Lipinski definition) is 5. The molecule has 0 bridgehead atoms. The Bertz CT molecular complexity index is 740. The summed E-state index contributed by atoms with van der Waals surface area (Å²) in [6, 6.07) is 6.31. The first kappa shape index (κ1) is 9.60. The summed E-state index contributed by atoms with van der Waals surface area (Å²) in [5.74, 6) is 0.305. The number of rotatable bonds is 4. The zero-order chi connectivity index (χ0) is 16.7. The van der Waals surface area contributed by atoms with Gasteiger partial charge in [0.1, 0.15) is 12.2 Å². The molecule has 3 rings (SSSR count). The molecular formula is C13H14N4O3. The molecule has 1 aromatic heterocycles. The lowest BCUT2D eigenvalue weighted by molar-refractivity contribution is -0.385. The van der Waals surface area contributed by atoms with Crippen LogP contribution in [-0.4, -0.2) is 32.9 Å². The van der Waals surface area contributed by atoms with Crippen molar-refractivity contribution in [2.75, 3.05) is 13.2 Å². The van der Waals surface area contributed by atoms with Crippen molar-refractivity contribution in [3.8, 4) is 0 Å². The van der Waals surface area contributed by atoms with Gasteiger partial charge < -0.3 is 9.30 Å². The van der Waals surface area contributed by atoms with Crippen LogP contribution in [0.15, 0.2) is 30.6 Å². The average molecular weight is 277 g/mol. The summed E-state index contributed by atoms with van der Waals surface area (Å²) in [6.07, 6.45) is 1.45. The quantitative estimate of drug-likeness (QED) is 0.620. The van der Waals surface area contributed by atoms with Crippen molar-refractivity contribution >= 4 is 5.69 Å². The number of aryl methyl sites for hydroxylation is 1. The molecule has 1 fully saturated rings. The molecule has 20 heavy (non-hydrogen) atoms. The molecule has 0 saturated carbocycles. The summed E-state index contributed by atoms with van der Waals surface area (Å²) in [7, 11) is 0. The van der Waals surface area contributed by atoms with Crippen LogP contribution in [0.2, 0.25) is 0 Å². The summed E-state index contributed by atoms with van der Waals surface area (Å²) >= 11 is 0. The zero-order valence-electron chi connectivity index (χ0n) is 13.5. The second kappa shape index (κ2) is 4.68. The fourth-order valence-electron chi connectivity index (χ4n) is 2.35. The molecule has 1 aromatic carbocycles. The van der Waals surface area contributed by atoms with Crippen molar-refractivity contribution in [2.45, 2.75) is 11.8 Å². The minimum atomic E-state index is -2.37. The average Bonchev–Trinajstić information content (AvgIpc) is 2.91. The molecule has 1 aliphatic heterocycles. The van der Waals surface area contributed by atoms with Crippen LogP contribution in [0.3, 0.4) is 0 Å². The molecule has 0 spiro atoms. The number of ether oxygens (including phenoxy) is 1. The van der Waals surface area contributed by atoms with E-state index in [0.717, 1.165) is 10.1 Å². The van der Waals surface area contributed by atoms with E-state index < -0.39 is 17.3 Å². The highest BCUT2D eigenvalue weighted by molar-refractivity contribution is 5.40. The van der Waals surface area contributed by atoms with E-state index in [4.69, 9.17) is 8.85 Å². The first-order valence-electron chi connectivity index (χ1n) is 7.54. The van der Waals surface area contributed by atoms with E-state index >= 15 is 0 Å². The number of non-ortho nitro benzene ring substituents is 1. The fourth-order valence-corrected chi connectivity index (χ4v) is 2.35. The predicted octanol–water partition coefficient (Wildman–Crippen LogP) is 1.23. The third-order valence-electron chi connectivity index (χ3n) is 3.54. The Kier molecular flexibility index (Phi) is 2.24. The number of aromatic nitrogens is 3. The third kappa shape index (κ3) is 2.05. The Labute approximate surface area is 119 Å².